The number of likely N-dealkylation sites (tertiary alicyclic amines) is 1. The van der Waals surface area contributed by atoms with Crippen LogP contribution in [0.25, 0.3) is 0 Å². The van der Waals surface area contributed by atoms with E-state index in [9.17, 15) is 8.42 Å². The van der Waals surface area contributed by atoms with Crippen LogP contribution in [0.1, 0.15) is 51.3 Å². The predicted octanol–water partition coefficient (Wildman–Crippen LogP) is 3.18. The van der Waals surface area contributed by atoms with Gasteiger partial charge in [0.05, 0.1) is 12.4 Å². The van der Waals surface area contributed by atoms with Crippen molar-refractivity contribution in [2.24, 2.45) is 11.8 Å². The number of nitrogens with one attached hydrogen (secondary N) is 1. The van der Waals surface area contributed by atoms with E-state index in [-0.39, 0.29) is 6.04 Å². The molecule has 148 valence electrons. The molecule has 1 fully saturated rings. The van der Waals surface area contributed by atoms with Crippen molar-refractivity contribution >= 4 is 10.0 Å². The fourth-order valence-corrected chi connectivity index (χ4v) is 4.63. The van der Waals surface area contributed by atoms with E-state index in [2.05, 4.69) is 42.5 Å². The summed E-state index contributed by atoms with van der Waals surface area (Å²) < 4.78 is 31.4. The van der Waals surface area contributed by atoms with E-state index in [4.69, 9.17) is 4.74 Å². The standard InChI is InChI=1S/C20H34N2O3S/c1-6-25-20-14-22(12-11-19(20)15(2)3)13-17-7-9-18(10-8-17)16(4)21-26(5,23)24/h7-10,15-16,19-21H,6,11-14H2,1-5H3/t16-,19?,20?/m1/s1. The molecule has 3 atom stereocenters. The van der Waals surface area contributed by atoms with Gasteiger partial charge in [0.1, 0.15) is 0 Å². The molecule has 1 heterocycles. The van der Waals surface area contributed by atoms with Gasteiger partial charge >= 0.3 is 0 Å². The Hall–Kier alpha value is -0.950. The van der Waals surface area contributed by atoms with E-state index >= 15 is 0 Å². The molecule has 6 heteroatoms. The number of rotatable bonds is 8. The van der Waals surface area contributed by atoms with Crippen LogP contribution in [0.3, 0.4) is 0 Å². The van der Waals surface area contributed by atoms with Gasteiger partial charge in [0.15, 0.2) is 0 Å². The van der Waals surface area contributed by atoms with Crippen LogP contribution in [0.4, 0.5) is 0 Å². The van der Waals surface area contributed by atoms with Crippen molar-refractivity contribution < 1.29 is 13.2 Å². The number of hydrogen-bond donors (Lipinski definition) is 1. The molecule has 1 aromatic rings. The Balaban J connectivity index is 1.96. The molecule has 0 saturated carbocycles. The van der Waals surface area contributed by atoms with Crippen LogP contribution in [-0.4, -0.2) is 45.4 Å². The SMILES string of the molecule is CCOC1CN(Cc2ccc([C@@H](C)NS(C)(=O)=O)cc2)CCC1C(C)C. The Kier molecular flexibility index (Phi) is 7.64. The van der Waals surface area contributed by atoms with E-state index in [1.807, 2.05) is 19.1 Å². The van der Waals surface area contributed by atoms with Crippen LogP contribution < -0.4 is 4.72 Å². The molecule has 1 aromatic carbocycles. The third-order valence-electron chi connectivity index (χ3n) is 5.21. The number of ether oxygens (including phenoxy) is 1. The topological polar surface area (TPSA) is 58.6 Å². The van der Waals surface area contributed by atoms with Crippen molar-refractivity contribution in [3.63, 3.8) is 0 Å². The van der Waals surface area contributed by atoms with Gasteiger partial charge < -0.3 is 4.74 Å². The highest BCUT2D eigenvalue weighted by atomic mass is 32.2. The number of nitrogens with zero attached hydrogens (tertiary/aromatic N) is 1. The number of piperidine rings is 1. The summed E-state index contributed by atoms with van der Waals surface area (Å²) in [4.78, 5) is 2.46. The third kappa shape index (κ3) is 6.34. The lowest BCUT2D eigenvalue weighted by molar-refractivity contribution is -0.0486. The average molecular weight is 383 g/mol. The summed E-state index contributed by atoms with van der Waals surface area (Å²) in [6, 6.07) is 8.00. The molecule has 2 unspecified atom stereocenters. The summed E-state index contributed by atoms with van der Waals surface area (Å²) in [5.41, 5.74) is 2.23. The zero-order valence-electron chi connectivity index (χ0n) is 16.7. The van der Waals surface area contributed by atoms with Gasteiger partial charge in [0.25, 0.3) is 0 Å². The van der Waals surface area contributed by atoms with Crippen LogP contribution in [0.15, 0.2) is 24.3 Å². The van der Waals surface area contributed by atoms with Crippen LogP contribution in [0.2, 0.25) is 0 Å². The van der Waals surface area contributed by atoms with E-state index in [1.165, 1.54) is 18.2 Å². The van der Waals surface area contributed by atoms with Gasteiger partial charge in [-0.15, -0.1) is 0 Å². The molecule has 1 aliphatic heterocycles. The first-order valence-corrected chi connectivity index (χ1v) is 11.5. The summed E-state index contributed by atoms with van der Waals surface area (Å²) >= 11 is 0. The maximum Gasteiger partial charge on any atom is 0.209 e. The zero-order valence-corrected chi connectivity index (χ0v) is 17.6. The van der Waals surface area contributed by atoms with Gasteiger partial charge in [-0.25, -0.2) is 13.1 Å². The lowest BCUT2D eigenvalue weighted by Gasteiger charge is -2.40. The zero-order chi connectivity index (χ0) is 19.3. The van der Waals surface area contributed by atoms with Gasteiger partial charge in [0, 0.05) is 25.7 Å². The highest BCUT2D eigenvalue weighted by molar-refractivity contribution is 7.88. The lowest BCUT2D eigenvalue weighted by atomic mass is 9.84. The van der Waals surface area contributed by atoms with Gasteiger partial charge in [-0.3, -0.25) is 4.90 Å². The van der Waals surface area contributed by atoms with Crippen molar-refractivity contribution in [1.29, 1.82) is 0 Å². The minimum absolute atomic E-state index is 0.219. The van der Waals surface area contributed by atoms with Gasteiger partial charge in [-0.05, 0) is 49.8 Å². The van der Waals surface area contributed by atoms with E-state index in [1.54, 1.807) is 0 Å². The third-order valence-corrected chi connectivity index (χ3v) is 5.99. The first-order valence-electron chi connectivity index (χ1n) is 9.59. The van der Waals surface area contributed by atoms with E-state index in [0.717, 1.165) is 31.8 Å². The van der Waals surface area contributed by atoms with Crippen molar-refractivity contribution in [2.45, 2.75) is 52.8 Å². The monoisotopic (exact) mass is 382 g/mol. The number of hydrogen-bond acceptors (Lipinski definition) is 4. The molecule has 1 saturated heterocycles. The lowest BCUT2D eigenvalue weighted by Crippen LogP contribution is -2.46. The molecule has 1 aliphatic rings. The highest BCUT2D eigenvalue weighted by Crippen LogP contribution is 2.28. The number of benzene rings is 1. The first-order chi connectivity index (χ1) is 12.2. The molecule has 0 radical (unpaired) electrons. The van der Waals surface area contributed by atoms with Crippen molar-refractivity contribution in [1.82, 2.24) is 9.62 Å². The molecule has 5 nitrogen and oxygen atoms in total. The molecular formula is C20H34N2O3S. The largest absolute Gasteiger partial charge is 0.377 e. The van der Waals surface area contributed by atoms with Crippen LogP contribution >= 0.6 is 0 Å². The van der Waals surface area contributed by atoms with Crippen molar-refractivity contribution in [2.75, 3.05) is 26.0 Å². The molecule has 0 aromatic heterocycles. The van der Waals surface area contributed by atoms with Crippen molar-refractivity contribution in [3.05, 3.63) is 35.4 Å². The van der Waals surface area contributed by atoms with E-state index in [0.29, 0.717) is 17.9 Å². The van der Waals surface area contributed by atoms with Crippen LogP contribution in [0, 0.1) is 11.8 Å². The summed E-state index contributed by atoms with van der Waals surface area (Å²) in [5.74, 6) is 1.29. The average Bonchev–Trinajstić information content (AvgIpc) is 2.54. The summed E-state index contributed by atoms with van der Waals surface area (Å²) in [7, 11) is -3.20. The second kappa shape index (κ2) is 9.31. The van der Waals surface area contributed by atoms with Crippen LogP contribution in [0.5, 0.6) is 0 Å². The molecule has 0 bridgehead atoms. The summed E-state index contributed by atoms with van der Waals surface area (Å²) in [5, 5.41) is 0. The van der Waals surface area contributed by atoms with Gasteiger partial charge in [0.2, 0.25) is 10.0 Å². The second-order valence-electron chi connectivity index (χ2n) is 7.78. The molecule has 2 rings (SSSR count). The minimum atomic E-state index is -3.20. The Morgan fingerprint density at radius 2 is 1.88 bits per heavy atom. The summed E-state index contributed by atoms with van der Waals surface area (Å²) in [6.07, 6.45) is 2.68. The predicted molar refractivity (Wildman–Crippen MR) is 106 cm³/mol. The maximum absolute atomic E-state index is 11.4. The Bertz CT molecular complexity index is 658. The number of sulfonamides is 1. The second-order valence-corrected chi connectivity index (χ2v) is 9.56. The molecule has 0 aliphatic carbocycles. The Labute approximate surface area is 159 Å². The van der Waals surface area contributed by atoms with Gasteiger partial charge in [-0.2, -0.15) is 0 Å². The Morgan fingerprint density at radius 3 is 2.42 bits per heavy atom. The molecule has 0 amide bonds. The highest BCUT2D eigenvalue weighted by Gasteiger charge is 2.31. The van der Waals surface area contributed by atoms with Gasteiger partial charge in [-0.1, -0.05) is 38.1 Å². The molecule has 0 spiro atoms. The summed E-state index contributed by atoms with van der Waals surface area (Å²) in [6.45, 7) is 12.3. The fraction of sp³-hybridized carbons (Fsp3) is 0.700. The molecule has 1 N–H and O–H groups in total. The van der Waals surface area contributed by atoms with Crippen LogP contribution in [-0.2, 0) is 21.3 Å². The molecular weight excluding hydrogens is 348 g/mol. The minimum Gasteiger partial charge on any atom is -0.377 e. The van der Waals surface area contributed by atoms with E-state index < -0.39 is 10.0 Å². The first kappa shape index (κ1) is 21.4. The maximum atomic E-state index is 11.4. The van der Waals surface area contributed by atoms with Crippen molar-refractivity contribution in [3.8, 4) is 0 Å². The normalized spacial score (nSPS) is 23.3. The smallest absolute Gasteiger partial charge is 0.209 e. The Morgan fingerprint density at radius 1 is 1.23 bits per heavy atom. The quantitative estimate of drug-likeness (QED) is 0.750. The molecule has 26 heavy (non-hydrogen) atoms. The fourth-order valence-electron chi connectivity index (χ4n) is 3.85.